The van der Waals surface area contributed by atoms with Gasteiger partial charge in [-0.3, -0.25) is 0 Å². The minimum atomic E-state index is -0.749. The molecule has 0 saturated carbocycles. The Morgan fingerprint density at radius 2 is 1.83 bits per heavy atom. The summed E-state index contributed by atoms with van der Waals surface area (Å²) in [5.74, 6) is -0.665. The molecule has 1 N–H and O–H groups in total. The van der Waals surface area contributed by atoms with Crippen molar-refractivity contribution in [1.29, 1.82) is 0 Å². The van der Waals surface area contributed by atoms with Crippen LogP contribution in [0.15, 0.2) is 12.2 Å². The lowest BCUT2D eigenvalue weighted by molar-refractivity contribution is -0.144. The van der Waals surface area contributed by atoms with Gasteiger partial charge in [0.05, 0.1) is 7.11 Å². The first-order valence-electron chi connectivity index (χ1n) is 5.91. The summed E-state index contributed by atoms with van der Waals surface area (Å²) in [6.07, 6.45) is 3.00. The van der Waals surface area contributed by atoms with Crippen LogP contribution in [-0.2, 0) is 14.3 Å². The van der Waals surface area contributed by atoms with Gasteiger partial charge in [0.25, 0.3) is 0 Å². The first-order valence-corrected chi connectivity index (χ1v) is 5.91. The van der Waals surface area contributed by atoms with Crippen LogP contribution in [0.5, 0.6) is 0 Å². The highest BCUT2D eigenvalue weighted by Gasteiger charge is 2.28. The molecule has 0 aromatic heterocycles. The Bertz CT molecular complexity index is 317. The number of alkyl carbamates (subject to hydrolysis) is 1. The van der Waals surface area contributed by atoms with Gasteiger partial charge in [-0.15, -0.1) is 0 Å². The highest BCUT2D eigenvalue weighted by atomic mass is 16.6. The van der Waals surface area contributed by atoms with Gasteiger partial charge in [0.15, 0.2) is 0 Å². The predicted molar refractivity (Wildman–Crippen MR) is 69.2 cm³/mol. The number of rotatable bonds is 4. The number of esters is 1. The molecule has 104 valence electrons. The zero-order chi connectivity index (χ0) is 14.3. The molecule has 0 heterocycles. The molecule has 0 aliphatic rings. The Balaban J connectivity index is 4.70. The molecule has 0 aliphatic carbocycles. The predicted octanol–water partition coefficient (Wildman–Crippen LogP) is 2.26. The molecule has 0 aromatic carbocycles. The van der Waals surface area contributed by atoms with E-state index >= 15 is 0 Å². The second kappa shape index (κ2) is 7.03. The molecule has 0 unspecified atom stereocenters. The number of amides is 1. The third kappa shape index (κ3) is 6.27. The average molecular weight is 257 g/mol. The number of ether oxygens (including phenoxy) is 2. The average Bonchev–Trinajstić information content (AvgIpc) is 2.22. The second-order valence-corrected chi connectivity index (χ2v) is 5.03. The van der Waals surface area contributed by atoms with Crippen molar-refractivity contribution < 1.29 is 19.1 Å². The quantitative estimate of drug-likeness (QED) is 0.620. The highest BCUT2D eigenvalue weighted by Crippen LogP contribution is 2.10. The van der Waals surface area contributed by atoms with Gasteiger partial charge in [0.1, 0.15) is 11.6 Å². The van der Waals surface area contributed by atoms with Crippen molar-refractivity contribution in [2.45, 2.75) is 46.3 Å². The summed E-state index contributed by atoms with van der Waals surface area (Å²) in [5, 5.41) is 2.52. The maximum Gasteiger partial charge on any atom is 0.408 e. The normalized spacial score (nSPS) is 15.0. The van der Waals surface area contributed by atoms with Crippen LogP contribution in [0.3, 0.4) is 0 Å². The van der Waals surface area contributed by atoms with Gasteiger partial charge in [-0.1, -0.05) is 19.1 Å². The Morgan fingerprint density at radius 1 is 1.28 bits per heavy atom. The fraction of sp³-hybridized carbons (Fsp3) is 0.692. The van der Waals surface area contributed by atoms with E-state index in [0.29, 0.717) is 0 Å². The minimum absolute atomic E-state index is 0.171. The van der Waals surface area contributed by atoms with E-state index in [1.54, 1.807) is 20.8 Å². The molecule has 0 bridgehead atoms. The maximum atomic E-state index is 11.6. The van der Waals surface area contributed by atoms with E-state index in [-0.39, 0.29) is 5.92 Å². The lowest BCUT2D eigenvalue weighted by atomic mass is 10.0. The summed E-state index contributed by atoms with van der Waals surface area (Å²) in [4.78, 5) is 23.2. The summed E-state index contributed by atoms with van der Waals surface area (Å²) in [6.45, 7) is 8.94. The number of allylic oxidation sites excluding steroid dienone is 1. The molecule has 0 fully saturated rings. The molecule has 0 aliphatic heterocycles. The zero-order valence-corrected chi connectivity index (χ0v) is 11.9. The van der Waals surface area contributed by atoms with Gasteiger partial charge in [-0.2, -0.15) is 0 Å². The van der Waals surface area contributed by atoms with Gasteiger partial charge in [0, 0.05) is 5.92 Å². The Morgan fingerprint density at radius 3 is 2.22 bits per heavy atom. The summed E-state index contributed by atoms with van der Waals surface area (Å²) in [6, 6.07) is -0.749. The molecular formula is C13H23NO4. The summed E-state index contributed by atoms with van der Waals surface area (Å²) >= 11 is 0. The first kappa shape index (κ1) is 16.5. The van der Waals surface area contributed by atoms with Gasteiger partial charge >= 0.3 is 12.1 Å². The van der Waals surface area contributed by atoms with Gasteiger partial charge in [-0.25, -0.2) is 9.59 Å². The third-order valence-corrected chi connectivity index (χ3v) is 2.15. The summed E-state index contributed by atoms with van der Waals surface area (Å²) < 4.78 is 9.78. The van der Waals surface area contributed by atoms with E-state index in [2.05, 4.69) is 10.1 Å². The van der Waals surface area contributed by atoms with Crippen LogP contribution in [0.4, 0.5) is 4.79 Å². The molecule has 0 spiro atoms. The van der Waals surface area contributed by atoms with Gasteiger partial charge in [-0.05, 0) is 27.7 Å². The molecule has 18 heavy (non-hydrogen) atoms. The fourth-order valence-corrected chi connectivity index (χ4v) is 1.38. The number of nitrogens with one attached hydrogen (secondary N) is 1. The van der Waals surface area contributed by atoms with Crippen LogP contribution in [0.2, 0.25) is 0 Å². The van der Waals surface area contributed by atoms with Crippen LogP contribution in [-0.4, -0.2) is 30.8 Å². The Labute approximate surface area is 109 Å². The first-order chi connectivity index (χ1) is 8.21. The highest BCUT2D eigenvalue weighted by molar-refractivity contribution is 5.81. The number of methoxy groups -OCH3 is 1. The Kier molecular flexibility index (Phi) is 6.44. The van der Waals surface area contributed by atoms with Crippen molar-refractivity contribution in [2.75, 3.05) is 7.11 Å². The fourth-order valence-electron chi connectivity index (χ4n) is 1.38. The van der Waals surface area contributed by atoms with Crippen molar-refractivity contribution in [1.82, 2.24) is 5.32 Å². The lowest BCUT2D eigenvalue weighted by Crippen LogP contribution is -2.47. The van der Waals surface area contributed by atoms with Crippen molar-refractivity contribution >= 4 is 12.1 Å². The smallest absolute Gasteiger partial charge is 0.408 e. The van der Waals surface area contributed by atoms with Gasteiger partial charge in [0.2, 0.25) is 0 Å². The van der Waals surface area contributed by atoms with E-state index in [4.69, 9.17) is 4.74 Å². The number of carbonyl (C=O) groups excluding carboxylic acids is 2. The maximum absolute atomic E-state index is 11.6. The summed E-state index contributed by atoms with van der Waals surface area (Å²) in [5.41, 5.74) is -0.603. The van der Waals surface area contributed by atoms with E-state index in [9.17, 15) is 9.59 Å². The molecule has 2 atom stereocenters. The molecule has 0 saturated heterocycles. The molecule has 5 nitrogen and oxygen atoms in total. The molecular weight excluding hydrogens is 234 g/mol. The number of carbonyl (C=O) groups is 2. The van der Waals surface area contributed by atoms with Crippen LogP contribution >= 0.6 is 0 Å². The lowest BCUT2D eigenvalue weighted by Gasteiger charge is -2.24. The van der Waals surface area contributed by atoms with E-state index in [1.165, 1.54) is 7.11 Å². The Hall–Kier alpha value is -1.52. The topological polar surface area (TPSA) is 64.6 Å². The standard InChI is InChI=1S/C13H23NO4/c1-7-8-9(2)10(11(15)17-6)14-12(16)18-13(3,4)5/h7-10H,1-6H3,(H,14,16)/b8-7+/t9-,10+/m1/s1. The van der Waals surface area contributed by atoms with Crippen molar-refractivity contribution in [2.24, 2.45) is 5.92 Å². The van der Waals surface area contributed by atoms with Crippen molar-refractivity contribution in [3.05, 3.63) is 12.2 Å². The summed E-state index contributed by atoms with van der Waals surface area (Å²) in [7, 11) is 1.29. The van der Waals surface area contributed by atoms with E-state index in [1.807, 2.05) is 26.0 Å². The van der Waals surface area contributed by atoms with Gasteiger partial charge < -0.3 is 14.8 Å². The van der Waals surface area contributed by atoms with Crippen LogP contribution in [0.1, 0.15) is 34.6 Å². The van der Waals surface area contributed by atoms with E-state index < -0.39 is 23.7 Å². The van der Waals surface area contributed by atoms with Crippen LogP contribution < -0.4 is 5.32 Å². The van der Waals surface area contributed by atoms with Crippen molar-refractivity contribution in [3.8, 4) is 0 Å². The second-order valence-electron chi connectivity index (χ2n) is 5.03. The molecule has 0 rings (SSSR count). The van der Waals surface area contributed by atoms with Crippen LogP contribution in [0.25, 0.3) is 0 Å². The number of hydrogen-bond donors (Lipinski definition) is 1. The third-order valence-electron chi connectivity index (χ3n) is 2.15. The number of hydrogen-bond acceptors (Lipinski definition) is 4. The zero-order valence-electron chi connectivity index (χ0n) is 11.9. The van der Waals surface area contributed by atoms with Crippen molar-refractivity contribution in [3.63, 3.8) is 0 Å². The molecule has 5 heteroatoms. The molecule has 0 radical (unpaired) electrons. The van der Waals surface area contributed by atoms with E-state index in [0.717, 1.165) is 0 Å². The molecule has 1 amide bonds. The largest absolute Gasteiger partial charge is 0.467 e. The molecule has 0 aromatic rings. The van der Waals surface area contributed by atoms with Crippen LogP contribution in [0, 0.1) is 5.92 Å². The SMILES string of the molecule is C/C=C/[C@@H](C)[C@H](NC(=O)OC(C)(C)C)C(=O)OC. The minimum Gasteiger partial charge on any atom is -0.467 e. The monoisotopic (exact) mass is 257 g/mol.